The average Bonchev–Trinajstić information content (AvgIpc) is 3.48. The van der Waals surface area contributed by atoms with Crippen molar-refractivity contribution in [1.29, 1.82) is 0 Å². The summed E-state index contributed by atoms with van der Waals surface area (Å²) in [4.78, 5) is -0.110. The van der Waals surface area contributed by atoms with E-state index in [0.29, 0.717) is 17.5 Å². The summed E-state index contributed by atoms with van der Waals surface area (Å²) in [5.74, 6) is 0.427. The number of nitrogens with zero attached hydrogens (tertiary/aromatic N) is 3. The van der Waals surface area contributed by atoms with Crippen LogP contribution in [-0.2, 0) is 29.7 Å². The lowest BCUT2D eigenvalue weighted by molar-refractivity contribution is 0.373. The minimum atomic E-state index is -4.08. The number of rotatable bonds is 7. The second-order valence-electron chi connectivity index (χ2n) is 7.82. The van der Waals surface area contributed by atoms with Gasteiger partial charge in [-0.25, -0.2) is 8.42 Å². The van der Waals surface area contributed by atoms with Gasteiger partial charge in [0, 0.05) is 24.8 Å². The van der Waals surface area contributed by atoms with Gasteiger partial charge >= 0.3 is 0 Å². The number of anilines is 1. The van der Waals surface area contributed by atoms with Gasteiger partial charge in [-0.15, -0.1) is 0 Å². The first-order valence-electron chi connectivity index (χ1n) is 10.3. The number of methoxy groups -OCH3 is 2. The van der Waals surface area contributed by atoms with Crippen LogP contribution in [0, 0.1) is 6.92 Å². The van der Waals surface area contributed by atoms with Gasteiger partial charge in [0.05, 0.1) is 31.8 Å². The topological polar surface area (TPSA) is 121 Å². The standard InChI is InChI=1S/C22H23N5O5S/c1-13-7-14(11-27-12-15-9-23-10-16(15)24-27)8-19-20(13)22(25-32-19)26-33(28,29)21-17(30-2)5-4-6-18(21)31-3/h4-8,12,23H,9-11H2,1-3H3,(H,25,26). The summed E-state index contributed by atoms with van der Waals surface area (Å²) >= 11 is 0. The summed E-state index contributed by atoms with van der Waals surface area (Å²) in [7, 11) is -1.28. The molecule has 1 aliphatic rings. The Kier molecular flexibility index (Phi) is 5.22. The molecule has 0 aliphatic carbocycles. The average molecular weight is 470 g/mol. The van der Waals surface area contributed by atoms with Crippen molar-refractivity contribution in [3.63, 3.8) is 0 Å². The Morgan fingerprint density at radius 2 is 1.94 bits per heavy atom. The molecule has 0 atom stereocenters. The number of nitrogens with one attached hydrogen (secondary N) is 2. The third kappa shape index (κ3) is 3.79. The Balaban J connectivity index is 1.47. The van der Waals surface area contributed by atoms with Crippen molar-refractivity contribution >= 4 is 26.8 Å². The van der Waals surface area contributed by atoms with Crippen LogP contribution in [0.5, 0.6) is 11.5 Å². The van der Waals surface area contributed by atoms with E-state index in [1.54, 1.807) is 18.2 Å². The second kappa shape index (κ2) is 8.09. The highest BCUT2D eigenvalue weighted by atomic mass is 32.2. The van der Waals surface area contributed by atoms with Crippen LogP contribution in [0.25, 0.3) is 11.0 Å². The van der Waals surface area contributed by atoms with E-state index in [4.69, 9.17) is 14.0 Å². The summed E-state index contributed by atoms with van der Waals surface area (Å²) in [5.41, 5.74) is 4.56. The van der Waals surface area contributed by atoms with E-state index in [9.17, 15) is 8.42 Å². The third-order valence-corrected chi connectivity index (χ3v) is 6.99. The predicted molar refractivity (Wildman–Crippen MR) is 121 cm³/mol. The van der Waals surface area contributed by atoms with Crippen LogP contribution in [0.2, 0.25) is 0 Å². The first-order valence-corrected chi connectivity index (χ1v) is 11.8. The van der Waals surface area contributed by atoms with Crippen LogP contribution in [0.4, 0.5) is 5.82 Å². The number of aryl methyl sites for hydroxylation is 1. The lowest BCUT2D eigenvalue weighted by Crippen LogP contribution is -2.15. The number of ether oxygens (including phenoxy) is 2. The maximum absolute atomic E-state index is 13.2. The molecule has 0 radical (unpaired) electrons. The van der Waals surface area contributed by atoms with Crippen LogP contribution in [0.1, 0.15) is 22.4 Å². The van der Waals surface area contributed by atoms with Gasteiger partial charge in [-0.3, -0.25) is 9.40 Å². The molecule has 0 unspecified atom stereocenters. The molecule has 0 saturated carbocycles. The number of benzene rings is 2. The van der Waals surface area contributed by atoms with Crippen molar-refractivity contribution in [2.45, 2.75) is 31.5 Å². The van der Waals surface area contributed by atoms with Gasteiger partial charge < -0.3 is 19.3 Å². The Bertz CT molecular complexity index is 1410. The first-order chi connectivity index (χ1) is 15.9. The largest absolute Gasteiger partial charge is 0.495 e. The van der Waals surface area contributed by atoms with Crippen molar-refractivity contribution in [1.82, 2.24) is 20.3 Å². The summed E-state index contributed by atoms with van der Waals surface area (Å²) < 4.78 is 46.8. The Labute approximate surface area is 190 Å². The van der Waals surface area contributed by atoms with E-state index >= 15 is 0 Å². The predicted octanol–water partition coefficient (Wildman–Crippen LogP) is 2.80. The lowest BCUT2D eigenvalue weighted by Gasteiger charge is -2.14. The Morgan fingerprint density at radius 3 is 2.64 bits per heavy atom. The molecule has 0 spiro atoms. The zero-order valence-corrected chi connectivity index (χ0v) is 19.2. The van der Waals surface area contributed by atoms with Crippen LogP contribution < -0.4 is 19.5 Å². The molecule has 172 valence electrons. The van der Waals surface area contributed by atoms with Gasteiger partial charge in [0.1, 0.15) is 11.5 Å². The molecule has 2 aromatic heterocycles. The normalized spacial score (nSPS) is 13.3. The molecule has 2 N–H and O–H groups in total. The maximum Gasteiger partial charge on any atom is 0.270 e. The third-order valence-electron chi connectivity index (χ3n) is 5.59. The minimum absolute atomic E-state index is 0.103. The quantitative estimate of drug-likeness (QED) is 0.424. The van der Waals surface area contributed by atoms with Crippen molar-refractivity contribution in [3.8, 4) is 11.5 Å². The van der Waals surface area contributed by atoms with Crippen molar-refractivity contribution < 1.29 is 22.4 Å². The first kappa shape index (κ1) is 21.3. The van der Waals surface area contributed by atoms with Gasteiger partial charge in [-0.2, -0.15) is 5.10 Å². The fraction of sp³-hybridized carbons (Fsp3) is 0.273. The molecule has 11 heteroatoms. The molecule has 0 fully saturated rings. The van der Waals surface area contributed by atoms with Crippen molar-refractivity contribution in [2.75, 3.05) is 18.9 Å². The SMILES string of the molecule is COc1cccc(OC)c1S(=O)(=O)Nc1noc2cc(Cn3cc4c(n3)CNC4)cc(C)c12. The lowest BCUT2D eigenvalue weighted by atomic mass is 10.1. The second-order valence-corrected chi connectivity index (χ2v) is 9.44. The van der Waals surface area contributed by atoms with Gasteiger partial charge in [-0.05, 0) is 36.2 Å². The monoisotopic (exact) mass is 469 g/mol. The zero-order chi connectivity index (χ0) is 23.2. The maximum atomic E-state index is 13.2. The van der Waals surface area contributed by atoms with E-state index in [1.807, 2.05) is 29.9 Å². The highest BCUT2D eigenvalue weighted by molar-refractivity contribution is 7.93. The van der Waals surface area contributed by atoms with Gasteiger partial charge in [0.15, 0.2) is 16.3 Å². The molecule has 10 nitrogen and oxygen atoms in total. The fourth-order valence-electron chi connectivity index (χ4n) is 4.15. The Hall–Kier alpha value is -3.57. The van der Waals surface area contributed by atoms with E-state index < -0.39 is 10.0 Å². The number of hydrogen-bond acceptors (Lipinski definition) is 8. The van der Waals surface area contributed by atoms with Gasteiger partial charge in [0.2, 0.25) is 0 Å². The molecule has 0 bridgehead atoms. The van der Waals surface area contributed by atoms with Gasteiger partial charge in [-0.1, -0.05) is 17.3 Å². The van der Waals surface area contributed by atoms with E-state index in [2.05, 4.69) is 20.3 Å². The van der Waals surface area contributed by atoms with Crippen LogP contribution in [-0.4, -0.2) is 37.6 Å². The molecular weight excluding hydrogens is 446 g/mol. The highest BCUT2D eigenvalue weighted by Crippen LogP contribution is 2.36. The van der Waals surface area contributed by atoms with E-state index in [0.717, 1.165) is 29.9 Å². The fourth-order valence-corrected chi connectivity index (χ4v) is 5.48. The molecule has 3 heterocycles. The van der Waals surface area contributed by atoms with Crippen LogP contribution in [0.15, 0.2) is 45.9 Å². The molecule has 0 amide bonds. The minimum Gasteiger partial charge on any atom is -0.495 e. The smallest absolute Gasteiger partial charge is 0.270 e. The Morgan fingerprint density at radius 1 is 1.18 bits per heavy atom. The molecule has 33 heavy (non-hydrogen) atoms. The summed E-state index contributed by atoms with van der Waals surface area (Å²) in [6.45, 7) is 4.07. The molecule has 5 rings (SSSR count). The summed E-state index contributed by atoms with van der Waals surface area (Å²) in [6.07, 6.45) is 2.04. The van der Waals surface area contributed by atoms with Crippen LogP contribution in [0.3, 0.4) is 0 Å². The highest BCUT2D eigenvalue weighted by Gasteiger charge is 2.27. The van der Waals surface area contributed by atoms with Crippen molar-refractivity contribution in [3.05, 3.63) is 58.9 Å². The molecule has 1 aliphatic heterocycles. The van der Waals surface area contributed by atoms with E-state index in [-0.39, 0.29) is 22.2 Å². The number of aromatic nitrogens is 3. The molecule has 0 saturated heterocycles. The molecular formula is C22H23N5O5S. The summed E-state index contributed by atoms with van der Waals surface area (Å²) in [6, 6.07) is 8.58. The number of fused-ring (bicyclic) bond motifs is 2. The zero-order valence-electron chi connectivity index (χ0n) is 18.4. The summed E-state index contributed by atoms with van der Waals surface area (Å²) in [5, 5.41) is 12.5. The number of sulfonamides is 1. The van der Waals surface area contributed by atoms with Gasteiger partial charge in [0.25, 0.3) is 10.0 Å². The molecule has 2 aromatic carbocycles. The van der Waals surface area contributed by atoms with Crippen molar-refractivity contribution in [2.24, 2.45) is 0 Å². The molecule has 4 aromatic rings. The van der Waals surface area contributed by atoms with Crippen LogP contribution >= 0.6 is 0 Å². The van der Waals surface area contributed by atoms with E-state index in [1.165, 1.54) is 19.8 Å². The number of hydrogen-bond donors (Lipinski definition) is 2.